The number of aromatic nitrogens is 3. The quantitative estimate of drug-likeness (QED) is 0.756. The highest BCUT2D eigenvalue weighted by molar-refractivity contribution is 5.77. The van der Waals surface area contributed by atoms with Crippen molar-refractivity contribution in [3.05, 3.63) is 47.1 Å². The summed E-state index contributed by atoms with van der Waals surface area (Å²) < 4.78 is 7.25. The molecular formula is C18H22N4O2. The Hall–Kier alpha value is -2.63. The van der Waals surface area contributed by atoms with E-state index in [9.17, 15) is 4.79 Å². The second kappa shape index (κ2) is 6.86. The van der Waals surface area contributed by atoms with E-state index < -0.39 is 0 Å². The largest absolute Gasteiger partial charge is 0.361 e. The molecule has 3 rings (SSSR count). The number of rotatable bonds is 6. The number of aryl methyl sites for hydroxylation is 3. The van der Waals surface area contributed by atoms with Gasteiger partial charge < -0.3 is 14.4 Å². The third kappa shape index (κ3) is 3.32. The SMILES string of the molecule is Cc1noc(C)c1CCC(=O)NCCn1c(C)nc2ccccc21. The van der Waals surface area contributed by atoms with Crippen LogP contribution in [0.25, 0.3) is 11.0 Å². The molecule has 2 aromatic heterocycles. The molecule has 0 saturated heterocycles. The van der Waals surface area contributed by atoms with Gasteiger partial charge in [0, 0.05) is 25.1 Å². The predicted molar refractivity (Wildman–Crippen MR) is 91.8 cm³/mol. The number of carbonyl (C=O) groups excluding carboxylic acids is 1. The lowest BCUT2D eigenvalue weighted by Gasteiger charge is -2.08. The first kappa shape index (κ1) is 16.2. The molecule has 0 aliphatic carbocycles. The average molecular weight is 326 g/mol. The minimum absolute atomic E-state index is 0.0390. The van der Waals surface area contributed by atoms with Crippen LogP contribution < -0.4 is 5.32 Å². The van der Waals surface area contributed by atoms with Crippen molar-refractivity contribution in [1.82, 2.24) is 20.0 Å². The summed E-state index contributed by atoms with van der Waals surface area (Å²) in [6, 6.07) is 8.04. The molecule has 0 fully saturated rings. The average Bonchev–Trinajstić information content (AvgIpc) is 3.05. The number of nitrogens with one attached hydrogen (secondary N) is 1. The van der Waals surface area contributed by atoms with Gasteiger partial charge in [0.1, 0.15) is 11.6 Å². The first-order chi connectivity index (χ1) is 11.6. The lowest BCUT2D eigenvalue weighted by molar-refractivity contribution is -0.121. The van der Waals surface area contributed by atoms with Crippen LogP contribution in [0.1, 0.15) is 29.3 Å². The summed E-state index contributed by atoms with van der Waals surface area (Å²) in [6.45, 7) is 7.06. The molecule has 0 aliphatic rings. The van der Waals surface area contributed by atoms with Crippen LogP contribution in [0, 0.1) is 20.8 Å². The first-order valence-electron chi connectivity index (χ1n) is 8.16. The van der Waals surface area contributed by atoms with Crippen LogP contribution in [-0.2, 0) is 17.8 Å². The Morgan fingerprint density at radius 2 is 2.04 bits per heavy atom. The summed E-state index contributed by atoms with van der Waals surface area (Å²) in [6.07, 6.45) is 1.09. The maximum atomic E-state index is 12.1. The van der Waals surface area contributed by atoms with Gasteiger partial charge in [-0.2, -0.15) is 0 Å². The van der Waals surface area contributed by atoms with Crippen LogP contribution >= 0.6 is 0 Å². The third-order valence-electron chi connectivity index (χ3n) is 4.29. The summed E-state index contributed by atoms with van der Waals surface area (Å²) in [5, 5.41) is 6.89. The number of fused-ring (bicyclic) bond motifs is 1. The number of para-hydroxylation sites is 2. The fourth-order valence-corrected chi connectivity index (χ4v) is 2.97. The van der Waals surface area contributed by atoms with E-state index in [2.05, 4.69) is 26.1 Å². The summed E-state index contributed by atoms with van der Waals surface area (Å²) in [5.74, 6) is 1.79. The van der Waals surface area contributed by atoms with E-state index in [4.69, 9.17) is 4.52 Å². The molecule has 0 spiro atoms. The van der Waals surface area contributed by atoms with Gasteiger partial charge in [-0.05, 0) is 39.3 Å². The topological polar surface area (TPSA) is 73.0 Å². The molecule has 0 atom stereocenters. The Balaban J connectivity index is 1.52. The van der Waals surface area contributed by atoms with E-state index in [0.29, 0.717) is 25.9 Å². The Labute approximate surface area is 140 Å². The van der Waals surface area contributed by atoms with Gasteiger partial charge >= 0.3 is 0 Å². The lowest BCUT2D eigenvalue weighted by atomic mass is 10.1. The van der Waals surface area contributed by atoms with Crippen LogP contribution in [0.15, 0.2) is 28.8 Å². The number of nitrogens with zero attached hydrogens (tertiary/aromatic N) is 3. The van der Waals surface area contributed by atoms with Crippen molar-refractivity contribution >= 4 is 16.9 Å². The van der Waals surface area contributed by atoms with E-state index in [-0.39, 0.29) is 5.91 Å². The van der Waals surface area contributed by atoms with Crippen molar-refractivity contribution in [3.63, 3.8) is 0 Å². The van der Waals surface area contributed by atoms with E-state index >= 15 is 0 Å². The van der Waals surface area contributed by atoms with Gasteiger partial charge in [0.2, 0.25) is 5.91 Å². The van der Waals surface area contributed by atoms with Crippen molar-refractivity contribution in [2.75, 3.05) is 6.54 Å². The molecule has 6 nitrogen and oxygen atoms in total. The smallest absolute Gasteiger partial charge is 0.220 e. The minimum atomic E-state index is 0.0390. The van der Waals surface area contributed by atoms with Gasteiger partial charge in [-0.15, -0.1) is 0 Å². The zero-order chi connectivity index (χ0) is 17.1. The molecule has 0 radical (unpaired) electrons. The monoisotopic (exact) mass is 326 g/mol. The van der Waals surface area contributed by atoms with Crippen molar-refractivity contribution in [2.24, 2.45) is 0 Å². The standard InChI is InChI=1S/C18H22N4O2/c1-12-15(13(2)24-21-12)8-9-18(23)19-10-11-22-14(3)20-16-6-4-5-7-17(16)22/h4-7H,8-11H2,1-3H3,(H,19,23). The van der Waals surface area contributed by atoms with Crippen molar-refractivity contribution in [3.8, 4) is 0 Å². The fraction of sp³-hybridized carbons (Fsp3) is 0.389. The molecule has 0 aliphatic heterocycles. The zero-order valence-corrected chi connectivity index (χ0v) is 14.3. The number of hydrogen-bond acceptors (Lipinski definition) is 4. The van der Waals surface area contributed by atoms with Crippen LogP contribution in [0.4, 0.5) is 0 Å². The minimum Gasteiger partial charge on any atom is -0.361 e. The Bertz CT molecular complexity index is 844. The molecule has 3 aromatic rings. The normalized spacial score (nSPS) is 11.1. The van der Waals surface area contributed by atoms with Gasteiger partial charge in [0.15, 0.2) is 0 Å². The highest BCUT2D eigenvalue weighted by atomic mass is 16.5. The number of imidazole rings is 1. The summed E-state index contributed by atoms with van der Waals surface area (Å²) in [4.78, 5) is 16.6. The van der Waals surface area contributed by atoms with Crippen LogP contribution in [-0.4, -0.2) is 27.2 Å². The number of carbonyl (C=O) groups is 1. The van der Waals surface area contributed by atoms with E-state index in [1.807, 2.05) is 39.0 Å². The molecule has 1 aromatic carbocycles. The zero-order valence-electron chi connectivity index (χ0n) is 14.3. The van der Waals surface area contributed by atoms with Crippen LogP contribution in [0.3, 0.4) is 0 Å². The number of benzene rings is 1. The maximum absolute atomic E-state index is 12.1. The van der Waals surface area contributed by atoms with Crippen molar-refractivity contribution < 1.29 is 9.32 Å². The Morgan fingerprint density at radius 3 is 2.79 bits per heavy atom. The highest BCUT2D eigenvalue weighted by Crippen LogP contribution is 2.15. The van der Waals surface area contributed by atoms with Crippen LogP contribution in [0.5, 0.6) is 0 Å². The predicted octanol–water partition coefficient (Wildman–Crippen LogP) is 2.70. The van der Waals surface area contributed by atoms with E-state index in [1.54, 1.807) is 0 Å². The molecule has 0 saturated carbocycles. The molecule has 2 heterocycles. The molecule has 24 heavy (non-hydrogen) atoms. The number of hydrogen-bond donors (Lipinski definition) is 1. The van der Waals surface area contributed by atoms with E-state index in [0.717, 1.165) is 33.9 Å². The first-order valence-corrected chi connectivity index (χ1v) is 8.16. The molecular weight excluding hydrogens is 304 g/mol. The summed E-state index contributed by atoms with van der Waals surface area (Å²) in [5.41, 5.74) is 3.97. The van der Waals surface area contributed by atoms with Crippen LogP contribution in [0.2, 0.25) is 0 Å². The summed E-state index contributed by atoms with van der Waals surface area (Å²) >= 11 is 0. The van der Waals surface area contributed by atoms with Gasteiger partial charge in [-0.25, -0.2) is 4.98 Å². The van der Waals surface area contributed by atoms with Gasteiger partial charge in [0.05, 0.1) is 16.7 Å². The molecule has 126 valence electrons. The Kier molecular flexibility index (Phi) is 4.64. The second-order valence-corrected chi connectivity index (χ2v) is 5.95. The molecule has 1 N–H and O–H groups in total. The maximum Gasteiger partial charge on any atom is 0.220 e. The highest BCUT2D eigenvalue weighted by Gasteiger charge is 2.11. The molecule has 1 amide bonds. The summed E-state index contributed by atoms with van der Waals surface area (Å²) in [7, 11) is 0. The molecule has 0 unspecified atom stereocenters. The fourth-order valence-electron chi connectivity index (χ4n) is 2.97. The van der Waals surface area contributed by atoms with E-state index in [1.165, 1.54) is 0 Å². The van der Waals surface area contributed by atoms with Gasteiger partial charge in [-0.1, -0.05) is 17.3 Å². The third-order valence-corrected chi connectivity index (χ3v) is 4.29. The molecule has 6 heteroatoms. The lowest BCUT2D eigenvalue weighted by Crippen LogP contribution is -2.27. The van der Waals surface area contributed by atoms with Crippen molar-refractivity contribution in [1.29, 1.82) is 0 Å². The Morgan fingerprint density at radius 1 is 1.25 bits per heavy atom. The second-order valence-electron chi connectivity index (χ2n) is 5.95. The van der Waals surface area contributed by atoms with Gasteiger partial charge in [-0.3, -0.25) is 4.79 Å². The number of amides is 1. The van der Waals surface area contributed by atoms with Crippen molar-refractivity contribution in [2.45, 2.75) is 40.2 Å². The van der Waals surface area contributed by atoms with Gasteiger partial charge in [0.25, 0.3) is 0 Å². The molecule has 0 bridgehead atoms.